The average Bonchev–Trinajstić information content (AvgIpc) is 2.71. The topological polar surface area (TPSA) is 43.8 Å². The van der Waals surface area contributed by atoms with E-state index in [1.807, 2.05) is 42.7 Å². The Labute approximate surface area is 155 Å². The number of ether oxygens (including phenoxy) is 3. The number of benzene rings is 1. The molecule has 2 aromatic rings. The molecular weight excluding hydrogens is 328 g/mol. The summed E-state index contributed by atoms with van der Waals surface area (Å²) in [6, 6.07) is 12.3. The number of hydrogen-bond acceptors (Lipinski definition) is 5. The SMILES string of the molecule is COc1cccc(OCCOCCN2CCCC[C@@H]2c2cccnc2)c1. The summed E-state index contributed by atoms with van der Waals surface area (Å²) in [5.41, 5.74) is 1.31. The summed E-state index contributed by atoms with van der Waals surface area (Å²) < 4.78 is 16.7. The van der Waals surface area contributed by atoms with Gasteiger partial charge in [0.2, 0.25) is 0 Å². The van der Waals surface area contributed by atoms with E-state index in [4.69, 9.17) is 14.2 Å². The zero-order valence-electron chi connectivity index (χ0n) is 15.5. The molecule has 1 aromatic carbocycles. The number of methoxy groups -OCH3 is 1. The lowest BCUT2D eigenvalue weighted by Gasteiger charge is -2.35. The Balaban J connectivity index is 1.37. The van der Waals surface area contributed by atoms with Crippen LogP contribution in [0, 0.1) is 0 Å². The molecule has 3 rings (SSSR count). The average molecular weight is 356 g/mol. The fourth-order valence-electron chi connectivity index (χ4n) is 3.40. The van der Waals surface area contributed by atoms with Gasteiger partial charge in [0.15, 0.2) is 0 Å². The van der Waals surface area contributed by atoms with Crippen molar-refractivity contribution in [3.05, 3.63) is 54.4 Å². The van der Waals surface area contributed by atoms with Crippen molar-refractivity contribution >= 4 is 0 Å². The maximum Gasteiger partial charge on any atom is 0.123 e. The van der Waals surface area contributed by atoms with Gasteiger partial charge >= 0.3 is 0 Å². The highest BCUT2D eigenvalue weighted by Gasteiger charge is 2.23. The smallest absolute Gasteiger partial charge is 0.123 e. The van der Waals surface area contributed by atoms with Gasteiger partial charge in [-0.15, -0.1) is 0 Å². The summed E-state index contributed by atoms with van der Waals surface area (Å²) >= 11 is 0. The first-order valence-corrected chi connectivity index (χ1v) is 9.35. The molecule has 0 radical (unpaired) electrons. The molecule has 1 atom stereocenters. The second-order valence-corrected chi connectivity index (χ2v) is 6.47. The van der Waals surface area contributed by atoms with Crippen molar-refractivity contribution < 1.29 is 14.2 Å². The largest absolute Gasteiger partial charge is 0.497 e. The number of hydrogen-bond donors (Lipinski definition) is 0. The molecule has 0 aliphatic carbocycles. The van der Waals surface area contributed by atoms with E-state index < -0.39 is 0 Å². The van der Waals surface area contributed by atoms with Gasteiger partial charge in [-0.3, -0.25) is 9.88 Å². The van der Waals surface area contributed by atoms with E-state index in [-0.39, 0.29) is 0 Å². The third kappa shape index (κ3) is 5.44. The fourth-order valence-corrected chi connectivity index (χ4v) is 3.40. The molecule has 0 spiro atoms. The summed E-state index contributed by atoms with van der Waals surface area (Å²) in [7, 11) is 1.65. The zero-order chi connectivity index (χ0) is 18.0. The maximum atomic E-state index is 5.79. The number of likely N-dealkylation sites (tertiary alicyclic amines) is 1. The van der Waals surface area contributed by atoms with Gasteiger partial charge in [-0.05, 0) is 43.1 Å². The van der Waals surface area contributed by atoms with Gasteiger partial charge in [-0.2, -0.15) is 0 Å². The van der Waals surface area contributed by atoms with E-state index in [2.05, 4.69) is 16.0 Å². The Morgan fingerprint density at radius 2 is 2.00 bits per heavy atom. The fraction of sp³-hybridized carbons (Fsp3) is 0.476. The molecule has 1 saturated heterocycles. The molecule has 1 fully saturated rings. The molecular formula is C21H28N2O3. The number of piperidine rings is 1. The van der Waals surface area contributed by atoms with Crippen LogP contribution in [0.3, 0.4) is 0 Å². The lowest BCUT2D eigenvalue weighted by Crippen LogP contribution is -2.36. The van der Waals surface area contributed by atoms with Gasteiger partial charge in [-0.1, -0.05) is 18.6 Å². The minimum atomic E-state index is 0.467. The summed E-state index contributed by atoms with van der Waals surface area (Å²) in [6.07, 6.45) is 7.57. The lowest BCUT2D eigenvalue weighted by molar-refractivity contribution is 0.0571. The number of pyridine rings is 1. The minimum absolute atomic E-state index is 0.467. The second kappa shape index (κ2) is 10.1. The highest BCUT2D eigenvalue weighted by atomic mass is 16.5. The molecule has 1 aliphatic heterocycles. The van der Waals surface area contributed by atoms with Gasteiger partial charge in [0.1, 0.15) is 18.1 Å². The van der Waals surface area contributed by atoms with Gasteiger partial charge in [0.05, 0.1) is 20.3 Å². The van der Waals surface area contributed by atoms with E-state index in [0.29, 0.717) is 19.3 Å². The molecule has 5 heteroatoms. The van der Waals surface area contributed by atoms with Crippen molar-refractivity contribution in [2.45, 2.75) is 25.3 Å². The first-order chi connectivity index (χ1) is 12.9. The number of nitrogens with zero attached hydrogens (tertiary/aromatic N) is 2. The quantitative estimate of drug-likeness (QED) is 0.641. The molecule has 0 amide bonds. The Morgan fingerprint density at radius 1 is 1.08 bits per heavy atom. The molecule has 0 unspecified atom stereocenters. The summed E-state index contributed by atoms with van der Waals surface area (Å²) in [5.74, 6) is 1.61. The molecule has 0 saturated carbocycles. The van der Waals surface area contributed by atoms with E-state index in [1.165, 1.54) is 24.8 Å². The first-order valence-electron chi connectivity index (χ1n) is 9.35. The van der Waals surface area contributed by atoms with Gasteiger partial charge in [0, 0.05) is 31.0 Å². The molecule has 1 aliphatic rings. The molecule has 0 bridgehead atoms. The molecule has 26 heavy (non-hydrogen) atoms. The van der Waals surface area contributed by atoms with Crippen molar-refractivity contribution in [1.29, 1.82) is 0 Å². The molecule has 5 nitrogen and oxygen atoms in total. The van der Waals surface area contributed by atoms with Crippen molar-refractivity contribution in [2.75, 3.05) is 40.0 Å². The Hall–Kier alpha value is -2.11. The van der Waals surface area contributed by atoms with Gasteiger partial charge in [0.25, 0.3) is 0 Å². The first kappa shape index (κ1) is 18.7. The monoisotopic (exact) mass is 356 g/mol. The molecule has 140 valence electrons. The minimum Gasteiger partial charge on any atom is -0.497 e. The van der Waals surface area contributed by atoms with Crippen LogP contribution in [-0.2, 0) is 4.74 Å². The van der Waals surface area contributed by atoms with Gasteiger partial charge in [-0.25, -0.2) is 0 Å². The Morgan fingerprint density at radius 3 is 2.85 bits per heavy atom. The summed E-state index contributed by atoms with van der Waals surface area (Å²) in [4.78, 5) is 6.79. The van der Waals surface area contributed by atoms with Crippen LogP contribution < -0.4 is 9.47 Å². The highest BCUT2D eigenvalue weighted by molar-refractivity contribution is 5.32. The van der Waals surface area contributed by atoms with E-state index >= 15 is 0 Å². The van der Waals surface area contributed by atoms with Crippen LogP contribution in [0.25, 0.3) is 0 Å². The predicted molar refractivity (Wildman–Crippen MR) is 102 cm³/mol. The molecule has 2 heterocycles. The third-order valence-corrected chi connectivity index (χ3v) is 4.74. The molecule has 0 N–H and O–H groups in total. The normalized spacial score (nSPS) is 17.8. The maximum absolute atomic E-state index is 5.79. The van der Waals surface area contributed by atoms with E-state index in [1.54, 1.807) is 7.11 Å². The van der Waals surface area contributed by atoms with Crippen LogP contribution in [-0.4, -0.2) is 49.9 Å². The van der Waals surface area contributed by atoms with Crippen LogP contribution in [0.15, 0.2) is 48.8 Å². The number of aromatic nitrogens is 1. The van der Waals surface area contributed by atoms with Crippen molar-refractivity contribution in [1.82, 2.24) is 9.88 Å². The second-order valence-electron chi connectivity index (χ2n) is 6.47. The summed E-state index contributed by atoms with van der Waals surface area (Å²) in [5, 5.41) is 0. The Kier molecular flexibility index (Phi) is 7.28. The van der Waals surface area contributed by atoms with Crippen LogP contribution in [0.1, 0.15) is 30.9 Å². The highest BCUT2D eigenvalue weighted by Crippen LogP contribution is 2.29. The van der Waals surface area contributed by atoms with Crippen LogP contribution in [0.2, 0.25) is 0 Å². The predicted octanol–water partition coefficient (Wildman–Crippen LogP) is 3.71. The van der Waals surface area contributed by atoms with Crippen molar-refractivity contribution in [3.63, 3.8) is 0 Å². The number of rotatable bonds is 9. The Bertz CT molecular complexity index is 651. The van der Waals surface area contributed by atoms with Crippen LogP contribution in [0.5, 0.6) is 11.5 Å². The van der Waals surface area contributed by atoms with Crippen LogP contribution in [0.4, 0.5) is 0 Å². The van der Waals surface area contributed by atoms with Crippen molar-refractivity contribution in [3.8, 4) is 11.5 Å². The van der Waals surface area contributed by atoms with Crippen molar-refractivity contribution in [2.24, 2.45) is 0 Å². The van der Waals surface area contributed by atoms with Gasteiger partial charge < -0.3 is 14.2 Å². The lowest BCUT2D eigenvalue weighted by atomic mass is 9.96. The molecule has 1 aromatic heterocycles. The standard InChI is InChI=1S/C21H28N2O3/c1-24-19-7-4-8-20(16-19)26-15-14-25-13-12-23-11-3-2-9-21(23)18-6-5-10-22-17-18/h4-8,10,16-17,21H,2-3,9,11-15H2,1H3/t21-/m1/s1. The van der Waals surface area contributed by atoms with E-state index in [0.717, 1.165) is 31.2 Å². The van der Waals surface area contributed by atoms with Crippen LogP contribution >= 0.6 is 0 Å². The third-order valence-electron chi connectivity index (χ3n) is 4.74. The van der Waals surface area contributed by atoms with E-state index in [9.17, 15) is 0 Å². The zero-order valence-corrected chi connectivity index (χ0v) is 15.5. The summed E-state index contributed by atoms with van der Waals surface area (Å²) in [6.45, 7) is 3.92.